The number of hydrogen-bond acceptors (Lipinski definition) is 2. The first-order valence-electron chi connectivity index (χ1n) is 6.86. The summed E-state index contributed by atoms with van der Waals surface area (Å²) >= 11 is 5.96. The third kappa shape index (κ3) is 3.48. The molecule has 1 aliphatic rings. The molecule has 0 radical (unpaired) electrons. The molecule has 1 aromatic rings. The molecule has 0 bridgehead atoms. The van der Waals surface area contributed by atoms with Gasteiger partial charge in [-0.3, -0.25) is 4.79 Å². The van der Waals surface area contributed by atoms with Crippen molar-refractivity contribution in [1.82, 2.24) is 5.32 Å². The van der Waals surface area contributed by atoms with E-state index in [1.54, 1.807) is 0 Å². The van der Waals surface area contributed by atoms with Crippen LogP contribution in [0.4, 0.5) is 0 Å². The summed E-state index contributed by atoms with van der Waals surface area (Å²) < 4.78 is 0. The van der Waals surface area contributed by atoms with E-state index in [9.17, 15) is 4.79 Å². The van der Waals surface area contributed by atoms with Gasteiger partial charge in [0.05, 0.1) is 11.6 Å². The lowest BCUT2D eigenvalue weighted by Crippen LogP contribution is -2.55. The second-order valence-electron chi connectivity index (χ2n) is 5.47. The standard InChI is InChI=1S/C15H21ClN2O/c1-11(12-6-5-7-13(16)10-12)18-14(19)15(17)8-3-2-4-9-15/h5-7,10-11H,2-4,8-9,17H2,1H3,(H,18,19)/t11-/m0/s1. The first-order chi connectivity index (χ1) is 9.01. The van der Waals surface area contributed by atoms with Gasteiger partial charge in [0.25, 0.3) is 0 Å². The van der Waals surface area contributed by atoms with E-state index in [4.69, 9.17) is 17.3 Å². The van der Waals surface area contributed by atoms with Crippen LogP contribution in [-0.2, 0) is 4.79 Å². The van der Waals surface area contributed by atoms with E-state index in [0.717, 1.165) is 31.2 Å². The SMILES string of the molecule is C[C@H](NC(=O)C1(N)CCCCC1)c1cccc(Cl)c1. The number of amides is 1. The van der Waals surface area contributed by atoms with Crippen LogP contribution in [0.25, 0.3) is 0 Å². The van der Waals surface area contributed by atoms with Crippen molar-refractivity contribution in [2.24, 2.45) is 5.73 Å². The van der Waals surface area contributed by atoms with Crippen molar-refractivity contribution in [3.8, 4) is 0 Å². The third-order valence-electron chi connectivity index (χ3n) is 3.89. The van der Waals surface area contributed by atoms with Crippen molar-refractivity contribution < 1.29 is 4.79 Å². The Kier molecular flexibility index (Phi) is 4.48. The van der Waals surface area contributed by atoms with Crippen LogP contribution in [0.5, 0.6) is 0 Å². The maximum Gasteiger partial charge on any atom is 0.240 e. The molecule has 1 atom stereocenters. The van der Waals surface area contributed by atoms with Crippen LogP contribution >= 0.6 is 11.6 Å². The lowest BCUT2D eigenvalue weighted by Gasteiger charge is -2.33. The fraction of sp³-hybridized carbons (Fsp3) is 0.533. The highest BCUT2D eigenvalue weighted by Gasteiger charge is 2.35. The van der Waals surface area contributed by atoms with Gasteiger partial charge >= 0.3 is 0 Å². The zero-order valence-corrected chi connectivity index (χ0v) is 12.0. The molecule has 19 heavy (non-hydrogen) atoms. The number of nitrogens with one attached hydrogen (secondary N) is 1. The van der Waals surface area contributed by atoms with Crippen LogP contribution in [0.1, 0.15) is 50.6 Å². The molecule has 0 unspecified atom stereocenters. The molecule has 1 saturated carbocycles. The summed E-state index contributed by atoms with van der Waals surface area (Å²) in [6.45, 7) is 1.95. The Balaban J connectivity index is 2.02. The number of hydrogen-bond donors (Lipinski definition) is 2. The van der Waals surface area contributed by atoms with Gasteiger partial charge in [-0.25, -0.2) is 0 Å². The van der Waals surface area contributed by atoms with Crippen molar-refractivity contribution >= 4 is 17.5 Å². The minimum atomic E-state index is -0.689. The lowest BCUT2D eigenvalue weighted by atomic mass is 9.81. The van der Waals surface area contributed by atoms with Gasteiger partial charge in [-0.15, -0.1) is 0 Å². The molecule has 0 aliphatic heterocycles. The molecule has 0 spiro atoms. The largest absolute Gasteiger partial charge is 0.348 e. The van der Waals surface area contributed by atoms with Crippen molar-refractivity contribution in [3.63, 3.8) is 0 Å². The van der Waals surface area contributed by atoms with Gasteiger partial charge in [-0.05, 0) is 37.5 Å². The minimum absolute atomic E-state index is 0.0420. The maximum absolute atomic E-state index is 12.3. The summed E-state index contributed by atoms with van der Waals surface area (Å²) in [6, 6.07) is 7.47. The van der Waals surface area contributed by atoms with Crippen LogP contribution in [0.15, 0.2) is 24.3 Å². The molecule has 0 aromatic heterocycles. The Hall–Kier alpha value is -1.06. The van der Waals surface area contributed by atoms with Gasteiger partial charge in [0.2, 0.25) is 5.91 Å². The molecular formula is C15H21ClN2O. The summed E-state index contributed by atoms with van der Waals surface area (Å²) in [4.78, 5) is 12.3. The number of carbonyl (C=O) groups is 1. The first-order valence-corrected chi connectivity index (χ1v) is 7.24. The van der Waals surface area contributed by atoms with E-state index >= 15 is 0 Å². The van der Waals surface area contributed by atoms with Gasteiger partial charge in [0.15, 0.2) is 0 Å². The topological polar surface area (TPSA) is 55.1 Å². The number of carbonyl (C=O) groups excluding carboxylic acids is 1. The second-order valence-corrected chi connectivity index (χ2v) is 5.90. The fourth-order valence-corrected chi connectivity index (χ4v) is 2.81. The monoisotopic (exact) mass is 280 g/mol. The highest BCUT2D eigenvalue weighted by Crippen LogP contribution is 2.27. The van der Waals surface area contributed by atoms with Gasteiger partial charge in [0, 0.05) is 5.02 Å². The Morgan fingerprint density at radius 1 is 1.37 bits per heavy atom. The summed E-state index contributed by atoms with van der Waals surface area (Å²) in [6.07, 6.45) is 4.81. The highest BCUT2D eigenvalue weighted by molar-refractivity contribution is 6.30. The molecule has 1 fully saturated rings. The van der Waals surface area contributed by atoms with Crippen LogP contribution in [0, 0.1) is 0 Å². The van der Waals surface area contributed by atoms with Crippen LogP contribution < -0.4 is 11.1 Å². The van der Waals surface area contributed by atoms with Crippen molar-refractivity contribution in [1.29, 1.82) is 0 Å². The molecule has 1 aromatic carbocycles. The number of nitrogens with two attached hydrogens (primary N) is 1. The molecule has 1 amide bonds. The van der Waals surface area contributed by atoms with Gasteiger partial charge in [0.1, 0.15) is 0 Å². The average molecular weight is 281 g/mol. The highest BCUT2D eigenvalue weighted by atomic mass is 35.5. The molecule has 2 rings (SSSR count). The summed E-state index contributed by atoms with van der Waals surface area (Å²) in [5.74, 6) is -0.0420. The van der Waals surface area contributed by atoms with E-state index in [-0.39, 0.29) is 11.9 Å². The fourth-order valence-electron chi connectivity index (χ4n) is 2.61. The Labute approximate surface area is 119 Å². The molecule has 3 N–H and O–H groups in total. The smallest absolute Gasteiger partial charge is 0.240 e. The Morgan fingerprint density at radius 3 is 2.68 bits per heavy atom. The van der Waals surface area contributed by atoms with Crippen LogP contribution in [0.2, 0.25) is 5.02 Å². The quantitative estimate of drug-likeness (QED) is 0.893. The molecule has 0 saturated heterocycles. The van der Waals surface area contributed by atoms with E-state index in [2.05, 4.69) is 5.32 Å². The minimum Gasteiger partial charge on any atom is -0.348 e. The number of benzene rings is 1. The number of rotatable bonds is 3. The molecule has 1 aliphatic carbocycles. The predicted molar refractivity (Wildman–Crippen MR) is 78.0 cm³/mol. The molecule has 3 nitrogen and oxygen atoms in total. The van der Waals surface area contributed by atoms with Crippen molar-refractivity contribution in [2.45, 2.75) is 50.6 Å². The molecule has 104 valence electrons. The van der Waals surface area contributed by atoms with E-state index in [1.807, 2.05) is 31.2 Å². The Bertz CT molecular complexity index is 455. The summed E-state index contributed by atoms with van der Waals surface area (Å²) in [5, 5.41) is 3.69. The number of halogens is 1. The lowest BCUT2D eigenvalue weighted by molar-refractivity contribution is -0.128. The molecule has 4 heteroatoms. The summed E-state index contributed by atoms with van der Waals surface area (Å²) in [5.41, 5.74) is 6.53. The Morgan fingerprint density at radius 2 is 2.05 bits per heavy atom. The van der Waals surface area contributed by atoms with Gasteiger partial charge in [-0.1, -0.05) is 43.0 Å². The maximum atomic E-state index is 12.3. The van der Waals surface area contributed by atoms with Gasteiger partial charge < -0.3 is 11.1 Å². The first kappa shape index (κ1) is 14.4. The normalized spacial score (nSPS) is 19.7. The molecular weight excluding hydrogens is 260 g/mol. The second kappa shape index (κ2) is 5.93. The van der Waals surface area contributed by atoms with Crippen LogP contribution in [-0.4, -0.2) is 11.4 Å². The van der Waals surface area contributed by atoms with E-state index in [1.165, 1.54) is 6.42 Å². The third-order valence-corrected chi connectivity index (χ3v) is 4.13. The average Bonchev–Trinajstić information content (AvgIpc) is 2.39. The zero-order valence-electron chi connectivity index (χ0n) is 11.3. The molecule has 0 heterocycles. The zero-order chi connectivity index (χ0) is 13.9. The predicted octanol–water partition coefficient (Wildman–Crippen LogP) is 3.18. The van der Waals surface area contributed by atoms with Crippen molar-refractivity contribution in [2.75, 3.05) is 0 Å². The van der Waals surface area contributed by atoms with Crippen molar-refractivity contribution in [3.05, 3.63) is 34.9 Å². The van der Waals surface area contributed by atoms with Crippen LogP contribution in [0.3, 0.4) is 0 Å². The van der Waals surface area contributed by atoms with Gasteiger partial charge in [-0.2, -0.15) is 0 Å². The van der Waals surface area contributed by atoms with E-state index in [0.29, 0.717) is 5.02 Å². The van der Waals surface area contributed by atoms with E-state index < -0.39 is 5.54 Å². The summed E-state index contributed by atoms with van der Waals surface area (Å²) in [7, 11) is 0.